The van der Waals surface area contributed by atoms with Crippen molar-refractivity contribution in [2.24, 2.45) is 4.99 Å². The fourth-order valence-corrected chi connectivity index (χ4v) is 5.06. The van der Waals surface area contributed by atoms with Gasteiger partial charge in [-0.1, -0.05) is 107 Å². The lowest BCUT2D eigenvalue weighted by molar-refractivity contribution is 0.664. The molecule has 0 bridgehead atoms. The van der Waals surface area contributed by atoms with Crippen molar-refractivity contribution in [3.05, 3.63) is 155 Å². The van der Waals surface area contributed by atoms with Crippen LogP contribution in [-0.2, 0) is 0 Å². The molecule has 0 fully saturated rings. The van der Waals surface area contributed by atoms with Gasteiger partial charge in [0.1, 0.15) is 6.17 Å². The lowest BCUT2D eigenvalue weighted by Crippen LogP contribution is -2.24. The zero-order chi connectivity index (χ0) is 25.0. The van der Waals surface area contributed by atoms with Crippen molar-refractivity contribution in [3.8, 4) is 22.3 Å². The lowest BCUT2D eigenvalue weighted by atomic mass is 9.98. The molecule has 1 unspecified atom stereocenters. The molecule has 4 heteroatoms. The van der Waals surface area contributed by atoms with E-state index >= 15 is 0 Å². The van der Waals surface area contributed by atoms with E-state index in [0.29, 0.717) is 0 Å². The second-order valence-corrected chi connectivity index (χ2v) is 9.86. The number of halogens is 1. The summed E-state index contributed by atoms with van der Waals surface area (Å²) in [4.78, 5) is 9.43. The summed E-state index contributed by atoms with van der Waals surface area (Å²) in [6.45, 7) is 0. The normalized spacial score (nSPS) is 14.9. The average molecular weight is 542 g/mol. The van der Waals surface area contributed by atoms with E-state index in [0.717, 1.165) is 43.7 Å². The zero-order valence-corrected chi connectivity index (χ0v) is 21.6. The fourth-order valence-electron chi connectivity index (χ4n) is 4.56. The van der Waals surface area contributed by atoms with E-state index in [9.17, 15) is 0 Å². The molecule has 0 saturated heterocycles. The van der Waals surface area contributed by atoms with Crippen LogP contribution in [0.2, 0.25) is 0 Å². The van der Waals surface area contributed by atoms with Crippen LogP contribution in [0.5, 0.6) is 0 Å². The molecule has 2 heterocycles. The van der Waals surface area contributed by atoms with Gasteiger partial charge in [0, 0.05) is 33.7 Å². The Morgan fingerprint density at radius 2 is 1.24 bits per heavy atom. The Hall–Kier alpha value is -4.28. The third kappa shape index (κ3) is 5.16. The van der Waals surface area contributed by atoms with Gasteiger partial charge in [0.25, 0.3) is 0 Å². The number of nitrogens with one attached hydrogen (secondary N) is 1. The summed E-state index contributed by atoms with van der Waals surface area (Å²) in [6.07, 6.45) is 5.64. The molecular formula is C33H24BrN3. The molecule has 1 N–H and O–H groups in total. The van der Waals surface area contributed by atoms with Gasteiger partial charge < -0.3 is 5.32 Å². The van der Waals surface area contributed by atoms with Crippen LogP contribution in [0, 0.1) is 0 Å². The number of pyridine rings is 1. The number of aromatic nitrogens is 1. The first kappa shape index (κ1) is 23.1. The van der Waals surface area contributed by atoms with Crippen molar-refractivity contribution in [1.29, 1.82) is 0 Å². The highest BCUT2D eigenvalue weighted by Crippen LogP contribution is 2.31. The molecule has 6 rings (SSSR count). The minimum absolute atomic E-state index is 0.189. The maximum atomic E-state index is 5.13. The number of benzene rings is 4. The SMILES string of the molecule is Brc1cc(C2=NC(c3ccccc3)NC(c3ccc(-c4ccccc4)cc3)=C2)cc(-c2cccnc2)c1. The van der Waals surface area contributed by atoms with Gasteiger partial charge >= 0.3 is 0 Å². The Bertz CT molecular complexity index is 1580. The molecular weight excluding hydrogens is 518 g/mol. The van der Waals surface area contributed by atoms with Crippen LogP contribution in [0.1, 0.15) is 22.9 Å². The minimum atomic E-state index is -0.189. The first-order valence-corrected chi connectivity index (χ1v) is 13.0. The van der Waals surface area contributed by atoms with Gasteiger partial charge in [-0.05, 0) is 58.2 Å². The van der Waals surface area contributed by atoms with Crippen LogP contribution >= 0.6 is 15.9 Å². The van der Waals surface area contributed by atoms with Crippen molar-refractivity contribution in [3.63, 3.8) is 0 Å². The summed E-state index contributed by atoms with van der Waals surface area (Å²) in [5, 5.41) is 3.66. The number of allylic oxidation sites excluding steroid dienone is 1. The molecule has 4 aromatic carbocycles. The van der Waals surface area contributed by atoms with Crippen LogP contribution < -0.4 is 5.32 Å². The zero-order valence-electron chi connectivity index (χ0n) is 20.1. The fraction of sp³-hybridized carbons (Fsp3) is 0.0303. The molecule has 0 radical (unpaired) electrons. The van der Waals surface area contributed by atoms with Gasteiger partial charge in [0.05, 0.1) is 5.71 Å². The number of hydrogen-bond acceptors (Lipinski definition) is 3. The van der Waals surface area contributed by atoms with Crippen LogP contribution in [0.15, 0.2) is 143 Å². The highest BCUT2D eigenvalue weighted by molar-refractivity contribution is 9.10. The molecule has 1 aliphatic heterocycles. The minimum Gasteiger partial charge on any atom is -0.360 e. The van der Waals surface area contributed by atoms with Crippen LogP contribution in [-0.4, -0.2) is 10.7 Å². The second-order valence-electron chi connectivity index (χ2n) is 8.94. The molecule has 37 heavy (non-hydrogen) atoms. The monoisotopic (exact) mass is 541 g/mol. The van der Waals surface area contributed by atoms with E-state index in [1.165, 1.54) is 11.1 Å². The van der Waals surface area contributed by atoms with Gasteiger partial charge in [-0.2, -0.15) is 0 Å². The van der Waals surface area contributed by atoms with E-state index in [4.69, 9.17) is 4.99 Å². The Kier molecular flexibility index (Phi) is 6.49. The quantitative estimate of drug-likeness (QED) is 0.243. The number of rotatable bonds is 5. The average Bonchev–Trinajstić information content (AvgIpc) is 2.98. The van der Waals surface area contributed by atoms with Gasteiger partial charge in [0.2, 0.25) is 0 Å². The number of aliphatic imine (C=N–C) groups is 1. The molecule has 0 amide bonds. The third-order valence-electron chi connectivity index (χ3n) is 6.45. The molecule has 0 spiro atoms. The van der Waals surface area contributed by atoms with Crippen molar-refractivity contribution in [2.45, 2.75) is 6.17 Å². The van der Waals surface area contributed by atoms with E-state index in [-0.39, 0.29) is 6.17 Å². The van der Waals surface area contributed by atoms with Crippen LogP contribution in [0.25, 0.3) is 28.0 Å². The first-order valence-electron chi connectivity index (χ1n) is 12.2. The maximum Gasteiger partial charge on any atom is 0.145 e. The van der Waals surface area contributed by atoms with Crippen molar-refractivity contribution < 1.29 is 0 Å². The highest BCUT2D eigenvalue weighted by Gasteiger charge is 2.20. The van der Waals surface area contributed by atoms with E-state index < -0.39 is 0 Å². The predicted molar refractivity (Wildman–Crippen MR) is 156 cm³/mol. The van der Waals surface area contributed by atoms with Gasteiger partial charge in [-0.25, -0.2) is 0 Å². The molecule has 1 aromatic heterocycles. The largest absolute Gasteiger partial charge is 0.360 e. The third-order valence-corrected chi connectivity index (χ3v) is 6.91. The van der Waals surface area contributed by atoms with E-state index in [1.807, 2.05) is 24.4 Å². The van der Waals surface area contributed by atoms with Gasteiger partial charge in [-0.15, -0.1) is 0 Å². The van der Waals surface area contributed by atoms with Gasteiger partial charge in [-0.3, -0.25) is 9.98 Å². The van der Waals surface area contributed by atoms with Crippen LogP contribution in [0.4, 0.5) is 0 Å². The molecule has 1 aliphatic rings. The Morgan fingerprint density at radius 3 is 1.97 bits per heavy atom. The van der Waals surface area contributed by atoms with Gasteiger partial charge in [0.15, 0.2) is 0 Å². The smallest absolute Gasteiger partial charge is 0.145 e. The predicted octanol–water partition coefficient (Wildman–Crippen LogP) is 8.31. The van der Waals surface area contributed by atoms with Crippen LogP contribution in [0.3, 0.4) is 0 Å². The second kappa shape index (κ2) is 10.4. The summed E-state index contributed by atoms with van der Waals surface area (Å²) >= 11 is 3.72. The van der Waals surface area contributed by atoms with E-state index in [1.54, 1.807) is 6.20 Å². The lowest BCUT2D eigenvalue weighted by Gasteiger charge is -2.25. The Labute approximate surface area is 225 Å². The van der Waals surface area contributed by atoms with Crippen molar-refractivity contribution in [1.82, 2.24) is 10.3 Å². The Balaban J connectivity index is 1.42. The topological polar surface area (TPSA) is 37.3 Å². The maximum absolute atomic E-state index is 5.13. The number of hydrogen-bond donors (Lipinski definition) is 1. The van der Waals surface area contributed by atoms with Crippen molar-refractivity contribution >= 4 is 27.3 Å². The molecule has 1 atom stereocenters. The highest BCUT2D eigenvalue weighted by atomic mass is 79.9. The summed E-state index contributed by atoms with van der Waals surface area (Å²) in [5.41, 5.74) is 9.83. The standard InChI is InChI=1S/C33H24BrN3/c34-30-19-28(27-12-7-17-35-22-27)18-29(20-30)32-21-31(36-33(37-32)26-10-5-2-6-11-26)25-15-13-24(14-16-25)23-8-3-1-4-9-23/h1-22,33,36H. The summed E-state index contributed by atoms with van der Waals surface area (Å²) in [5.74, 6) is 0. The molecule has 3 nitrogen and oxygen atoms in total. The first-order chi connectivity index (χ1) is 18.2. The summed E-state index contributed by atoms with van der Waals surface area (Å²) in [7, 11) is 0. The summed E-state index contributed by atoms with van der Waals surface area (Å²) in [6, 6.07) is 40.0. The summed E-state index contributed by atoms with van der Waals surface area (Å²) < 4.78 is 1.00. The Morgan fingerprint density at radius 1 is 0.595 bits per heavy atom. The number of nitrogens with zero attached hydrogens (tertiary/aromatic N) is 2. The van der Waals surface area contributed by atoms with Crippen molar-refractivity contribution in [2.75, 3.05) is 0 Å². The molecule has 5 aromatic rings. The molecule has 0 aliphatic carbocycles. The molecule has 178 valence electrons. The van der Waals surface area contributed by atoms with E-state index in [2.05, 4.69) is 129 Å². The molecule has 0 saturated carbocycles.